The minimum absolute atomic E-state index is 0.0416. The van der Waals surface area contributed by atoms with Crippen LogP contribution in [0.2, 0.25) is 0 Å². The zero-order chi connectivity index (χ0) is 18.9. The topological polar surface area (TPSA) is 70.8 Å². The summed E-state index contributed by atoms with van der Waals surface area (Å²) < 4.78 is 29.3. The van der Waals surface area contributed by atoms with Crippen LogP contribution in [0.25, 0.3) is 11.0 Å². The molecule has 2 heterocycles. The molecule has 1 aliphatic rings. The molecular weight excluding hydrogens is 352 g/mol. The summed E-state index contributed by atoms with van der Waals surface area (Å²) in [7, 11) is -1.13. The molecule has 1 aromatic carbocycles. The predicted molar refractivity (Wildman–Crippen MR) is 102 cm³/mol. The molecule has 0 aliphatic carbocycles. The Bertz CT molecular complexity index is 857. The molecule has 0 bridgehead atoms. The Hall–Kier alpha value is -1.86. The van der Waals surface area contributed by atoms with Gasteiger partial charge in [0.05, 0.1) is 24.1 Å². The molecule has 1 aromatic heterocycles. The number of fused-ring (bicyclic) bond motifs is 1. The zero-order valence-corrected chi connectivity index (χ0v) is 16.3. The van der Waals surface area contributed by atoms with Crippen LogP contribution in [0.1, 0.15) is 32.1 Å². The Morgan fingerprint density at radius 1 is 1.35 bits per heavy atom. The third-order valence-corrected chi connectivity index (χ3v) is 6.96. The Labute approximate surface area is 154 Å². The van der Waals surface area contributed by atoms with Crippen molar-refractivity contribution >= 4 is 26.7 Å². The lowest BCUT2D eigenvalue weighted by atomic mass is 10.2. The number of hydrogen-bond acceptors (Lipinski definition) is 5. The first-order chi connectivity index (χ1) is 12.3. The van der Waals surface area contributed by atoms with Gasteiger partial charge in [-0.2, -0.15) is 0 Å². The first-order valence-electron chi connectivity index (χ1n) is 8.99. The largest absolute Gasteiger partial charge is 0.459 e. The molecule has 0 radical (unpaired) electrons. The summed E-state index contributed by atoms with van der Waals surface area (Å²) in [5.41, 5.74) is 0.834. The maximum absolute atomic E-state index is 12.7. The molecule has 2 unspecified atom stereocenters. The normalized spacial score (nSPS) is 20.5. The molecule has 1 aliphatic heterocycles. The van der Waals surface area contributed by atoms with Crippen molar-refractivity contribution in [3.63, 3.8) is 0 Å². The van der Waals surface area contributed by atoms with E-state index in [9.17, 15) is 13.2 Å². The lowest BCUT2D eigenvalue weighted by Crippen LogP contribution is -2.45. The fourth-order valence-electron chi connectivity index (χ4n) is 3.53. The van der Waals surface area contributed by atoms with Crippen LogP contribution in [-0.4, -0.2) is 61.8 Å². The van der Waals surface area contributed by atoms with E-state index in [4.69, 9.17) is 4.42 Å². The van der Waals surface area contributed by atoms with Gasteiger partial charge in [-0.3, -0.25) is 9.69 Å². The van der Waals surface area contributed by atoms with E-state index in [-0.39, 0.29) is 36.0 Å². The SMILES string of the molecule is CCN(C(=O)CN(C)C(C)c1cc2ccccc2o1)C1CCS(=O)(=O)C1. The summed E-state index contributed by atoms with van der Waals surface area (Å²) in [5, 5.41) is 1.04. The number of furan rings is 1. The standard InChI is InChI=1S/C19H26N2O4S/c1-4-21(16-9-10-26(23,24)13-16)19(22)12-20(3)14(2)18-11-15-7-5-6-8-17(15)25-18/h5-8,11,14,16H,4,9-10,12-13H2,1-3H3. The van der Waals surface area contributed by atoms with Gasteiger partial charge < -0.3 is 9.32 Å². The van der Waals surface area contributed by atoms with Crippen molar-refractivity contribution in [2.75, 3.05) is 31.6 Å². The lowest BCUT2D eigenvalue weighted by Gasteiger charge is -2.30. The van der Waals surface area contributed by atoms with Crippen molar-refractivity contribution in [2.45, 2.75) is 32.4 Å². The van der Waals surface area contributed by atoms with Crippen molar-refractivity contribution < 1.29 is 17.6 Å². The summed E-state index contributed by atoms with van der Waals surface area (Å²) in [6, 6.07) is 9.57. The number of benzene rings is 1. The molecular formula is C19H26N2O4S. The molecule has 2 aromatic rings. The van der Waals surface area contributed by atoms with Crippen LogP contribution in [0.4, 0.5) is 0 Å². The van der Waals surface area contributed by atoms with Gasteiger partial charge in [-0.05, 0) is 39.4 Å². The minimum atomic E-state index is -3.01. The van der Waals surface area contributed by atoms with E-state index >= 15 is 0 Å². The summed E-state index contributed by atoms with van der Waals surface area (Å²) in [6.45, 7) is 4.64. The summed E-state index contributed by atoms with van der Waals surface area (Å²) in [5.74, 6) is 1.02. The van der Waals surface area contributed by atoms with Crippen LogP contribution in [0.15, 0.2) is 34.7 Å². The fraction of sp³-hybridized carbons (Fsp3) is 0.526. The van der Waals surface area contributed by atoms with Crippen molar-refractivity contribution in [3.05, 3.63) is 36.1 Å². The van der Waals surface area contributed by atoms with E-state index in [1.165, 1.54) is 0 Å². The second-order valence-corrected chi connectivity index (χ2v) is 9.24. The Morgan fingerprint density at radius 3 is 2.69 bits per heavy atom. The van der Waals surface area contributed by atoms with Crippen LogP contribution in [0, 0.1) is 0 Å². The van der Waals surface area contributed by atoms with Crippen LogP contribution in [0.3, 0.4) is 0 Å². The number of nitrogens with zero attached hydrogens (tertiary/aromatic N) is 2. The fourth-order valence-corrected chi connectivity index (χ4v) is 5.26. The molecule has 0 N–H and O–H groups in total. The highest BCUT2D eigenvalue weighted by Crippen LogP contribution is 2.27. The Kier molecular flexibility index (Phi) is 5.39. The Balaban J connectivity index is 1.67. The second kappa shape index (κ2) is 7.40. The van der Waals surface area contributed by atoms with Crippen LogP contribution >= 0.6 is 0 Å². The highest BCUT2D eigenvalue weighted by atomic mass is 32.2. The van der Waals surface area contributed by atoms with E-state index in [0.29, 0.717) is 13.0 Å². The van der Waals surface area contributed by atoms with Crippen molar-refractivity contribution in [3.8, 4) is 0 Å². The van der Waals surface area contributed by atoms with Gasteiger partial charge in [-0.25, -0.2) is 8.42 Å². The van der Waals surface area contributed by atoms with Crippen LogP contribution in [-0.2, 0) is 14.6 Å². The van der Waals surface area contributed by atoms with E-state index in [0.717, 1.165) is 16.7 Å². The van der Waals surface area contributed by atoms with Crippen molar-refractivity contribution in [1.29, 1.82) is 0 Å². The molecule has 0 saturated carbocycles. The molecule has 26 heavy (non-hydrogen) atoms. The van der Waals surface area contributed by atoms with E-state index < -0.39 is 9.84 Å². The third-order valence-electron chi connectivity index (χ3n) is 5.21. The van der Waals surface area contributed by atoms with Gasteiger partial charge in [0.15, 0.2) is 9.84 Å². The summed E-state index contributed by atoms with van der Waals surface area (Å²) >= 11 is 0. The summed E-state index contributed by atoms with van der Waals surface area (Å²) in [6.07, 6.45) is 0.532. The predicted octanol–water partition coefficient (Wildman–Crippen LogP) is 2.46. The molecule has 7 heteroatoms. The van der Waals surface area contributed by atoms with Gasteiger partial charge in [0.2, 0.25) is 5.91 Å². The monoisotopic (exact) mass is 378 g/mol. The average molecular weight is 378 g/mol. The Morgan fingerprint density at radius 2 is 2.08 bits per heavy atom. The van der Waals surface area contributed by atoms with Gasteiger partial charge >= 0.3 is 0 Å². The van der Waals surface area contributed by atoms with Gasteiger partial charge in [-0.1, -0.05) is 18.2 Å². The van der Waals surface area contributed by atoms with E-state index in [1.54, 1.807) is 4.90 Å². The number of hydrogen-bond donors (Lipinski definition) is 0. The third kappa shape index (κ3) is 3.94. The second-order valence-electron chi connectivity index (χ2n) is 7.01. The molecule has 142 valence electrons. The van der Waals surface area contributed by atoms with E-state index in [2.05, 4.69) is 0 Å². The number of carbonyl (C=O) groups is 1. The van der Waals surface area contributed by atoms with Crippen LogP contribution in [0.5, 0.6) is 0 Å². The number of carbonyl (C=O) groups excluding carboxylic acids is 1. The average Bonchev–Trinajstić information content (AvgIpc) is 3.17. The molecule has 2 atom stereocenters. The highest BCUT2D eigenvalue weighted by molar-refractivity contribution is 7.91. The highest BCUT2D eigenvalue weighted by Gasteiger charge is 2.34. The molecule has 1 fully saturated rings. The maximum atomic E-state index is 12.7. The molecule has 0 spiro atoms. The van der Waals surface area contributed by atoms with Gasteiger partial charge in [-0.15, -0.1) is 0 Å². The molecule has 6 nitrogen and oxygen atoms in total. The van der Waals surface area contributed by atoms with Gasteiger partial charge in [0.25, 0.3) is 0 Å². The van der Waals surface area contributed by atoms with Crippen LogP contribution < -0.4 is 0 Å². The van der Waals surface area contributed by atoms with Gasteiger partial charge in [0, 0.05) is 18.0 Å². The molecule has 1 saturated heterocycles. The quantitative estimate of drug-likeness (QED) is 0.772. The molecule has 3 rings (SSSR count). The number of sulfone groups is 1. The van der Waals surface area contributed by atoms with E-state index in [1.807, 2.05) is 56.1 Å². The first-order valence-corrected chi connectivity index (χ1v) is 10.8. The lowest BCUT2D eigenvalue weighted by molar-refractivity contribution is -0.134. The summed E-state index contributed by atoms with van der Waals surface area (Å²) in [4.78, 5) is 16.4. The van der Waals surface area contributed by atoms with Crippen molar-refractivity contribution in [2.24, 2.45) is 0 Å². The maximum Gasteiger partial charge on any atom is 0.237 e. The number of likely N-dealkylation sites (N-methyl/N-ethyl adjacent to an activating group) is 2. The number of rotatable bonds is 6. The van der Waals surface area contributed by atoms with Crippen molar-refractivity contribution in [1.82, 2.24) is 9.80 Å². The molecule has 1 amide bonds. The number of para-hydroxylation sites is 1. The zero-order valence-electron chi connectivity index (χ0n) is 15.5. The van der Waals surface area contributed by atoms with Gasteiger partial charge in [0.1, 0.15) is 11.3 Å². The number of amides is 1. The smallest absolute Gasteiger partial charge is 0.237 e. The first kappa shape index (κ1) is 18.9. The minimum Gasteiger partial charge on any atom is -0.459 e.